The fourth-order valence-corrected chi connectivity index (χ4v) is 1.25. The molecule has 0 bridgehead atoms. The van der Waals surface area contributed by atoms with Gasteiger partial charge in [-0.05, 0) is 0 Å². The van der Waals surface area contributed by atoms with Crippen molar-refractivity contribution in [2.24, 2.45) is 11.7 Å². The summed E-state index contributed by atoms with van der Waals surface area (Å²) in [6.45, 7) is 0.0954. The van der Waals surface area contributed by atoms with Crippen molar-refractivity contribution >= 4 is 12.1 Å². The minimum Gasteiger partial charge on any atom is -0.481 e. The van der Waals surface area contributed by atoms with Crippen molar-refractivity contribution in [1.29, 1.82) is 0 Å². The van der Waals surface area contributed by atoms with Crippen molar-refractivity contribution in [3.63, 3.8) is 0 Å². The summed E-state index contributed by atoms with van der Waals surface area (Å²) in [4.78, 5) is 21.9. The first-order valence-electron chi connectivity index (χ1n) is 3.48. The zero-order valence-corrected chi connectivity index (χ0v) is 6.30. The van der Waals surface area contributed by atoms with Gasteiger partial charge in [-0.15, -0.1) is 0 Å². The molecule has 1 saturated heterocycles. The molecule has 1 heterocycles. The highest BCUT2D eigenvalue weighted by Crippen LogP contribution is 2.15. The lowest BCUT2D eigenvalue weighted by atomic mass is 10.1. The number of hydrogen-bond donors (Lipinski definition) is 3. The van der Waals surface area contributed by atoms with Crippen LogP contribution in [0.1, 0.15) is 0 Å². The maximum atomic E-state index is 10.5. The van der Waals surface area contributed by atoms with Gasteiger partial charge < -0.3 is 20.8 Å². The van der Waals surface area contributed by atoms with Crippen molar-refractivity contribution in [2.45, 2.75) is 6.04 Å². The summed E-state index contributed by atoms with van der Waals surface area (Å²) >= 11 is 0. The Kier molecular flexibility index (Phi) is 2.18. The molecule has 6 heteroatoms. The zero-order valence-electron chi connectivity index (χ0n) is 6.30. The summed E-state index contributed by atoms with van der Waals surface area (Å²) in [5.74, 6) is -1.80. The van der Waals surface area contributed by atoms with Crippen molar-refractivity contribution < 1.29 is 19.8 Å². The van der Waals surface area contributed by atoms with Crippen molar-refractivity contribution in [1.82, 2.24) is 4.90 Å². The zero-order chi connectivity index (χ0) is 9.30. The predicted molar refractivity (Wildman–Crippen MR) is 38.7 cm³/mol. The number of carboxylic acid groups (broad SMARTS) is 2. The molecular weight excluding hydrogens is 164 g/mol. The molecule has 0 spiro atoms. The minimum atomic E-state index is -1.12. The van der Waals surface area contributed by atoms with Crippen LogP contribution in [0.2, 0.25) is 0 Å². The lowest BCUT2D eigenvalue weighted by molar-refractivity contribution is -0.141. The van der Waals surface area contributed by atoms with Crippen LogP contribution < -0.4 is 5.73 Å². The Morgan fingerprint density at radius 3 is 2.17 bits per heavy atom. The van der Waals surface area contributed by atoms with E-state index in [0.717, 1.165) is 4.90 Å². The van der Waals surface area contributed by atoms with Crippen LogP contribution >= 0.6 is 0 Å². The summed E-state index contributed by atoms with van der Waals surface area (Å²) in [6.07, 6.45) is -1.12. The molecule has 0 aromatic heterocycles. The molecule has 2 atom stereocenters. The predicted octanol–water partition coefficient (Wildman–Crippen LogP) is -0.992. The van der Waals surface area contributed by atoms with E-state index in [0.29, 0.717) is 0 Å². The third-order valence-corrected chi connectivity index (χ3v) is 1.95. The summed E-state index contributed by atoms with van der Waals surface area (Å²) < 4.78 is 0. The van der Waals surface area contributed by atoms with E-state index < -0.39 is 24.0 Å². The molecule has 1 fully saturated rings. The summed E-state index contributed by atoms with van der Waals surface area (Å²) in [5, 5.41) is 17.1. The molecule has 1 aliphatic heterocycles. The number of carboxylic acids is 1. The molecule has 1 rings (SSSR count). The first-order valence-corrected chi connectivity index (χ1v) is 3.48. The standard InChI is InChI=1S/C6H10N2O4/c7-4-2-8(6(11)12)1-3(4)5(9)10/h3-4H,1-2,7H2,(H,9,10)(H,11,12). The van der Waals surface area contributed by atoms with Crippen LogP contribution in [-0.2, 0) is 4.79 Å². The SMILES string of the molecule is NC1CN(C(=O)O)CC1C(=O)O. The van der Waals surface area contributed by atoms with Gasteiger partial charge in [0.1, 0.15) is 0 Å². The van der Waals surface area contributed by atoms with E-state index in [1.54, 1.807) is 0 Å². The number of hydrogen-bond acceptors (Lipinski definition) is 3. The lowest BCUT2D eigenvalue weighted by Crippen LogP contribution is -2.34. The number of carbonyl (C=O) groups is 2. The van der Waals surface area contributed by atoms with E-state index in [-0.39, 0.29) is 13.1 Å². The smallest absolute Gasteiger partial charge is 0.407 e. The van der Waals surface area contributed by atoms with Crippen molar-refractivity contribution in [3.8, 4) is 0 Å². The lowest BCUT2D eigenvalue weighted by Gasteiger charge is -2.08. The summed E-state index contributed by atoms with van der Waals surface area (Å²) in [6, 6.07) is -0.585. The highest BCUT2D eigenvalue weighted by molar-refractivity contribution is 5.74. The fraction of sp³-hybridized carbons (Fsp3) is 0.667. The fourth-order valence-electron chi connectivity index (χ4n) is 1.25. The third-order valence-electron chi connectivity index (χ3n) is 1.95. The van der Waals surface area contributed by atoms with Gasteiger partial charge in [-0.3, -0.25) is 4.79 Å². The first kappa shape index (κ1) is 8.79. The van der Waals surface area contributed by atoms with E-state index in [1.807, 2.05) is 0 Å². The van der Waals surface area contributed by atoms with Crippen LogP contribution in [0.5, 0.6) is 0 Å². The average molecular weight is 174 g/mol. The monoisotopic (exact) mass is 174 g/mol. The van der Waals surface area contributed by atoms with Crippen molar-refractivity contribution in [2.75, 3.05) is 13.1 Å². The van der Waals surface area contributed by atoms with E-state index in [2.05, 4.69) is 0 Å². The highest BCUT2D eigenvalue weighted by Gasteiger charge is 2.37. The number of nitrogens with two attached hydrogens (primary N) is 1. The Balaban J connectivity index is 2.62. The first-order chi connectivity index (χ1) is 5.52. The average Bonchev–Trinajstić information content (AvgIpc) is 2.30. The number of rotatable bonds is 1. The molecule has 68 valence electrons. The molecule has 0 radical (unpaired) electrons. The normalized spacial score (nSPS) is 28.9. The molecule has 6 nitrogen and oxygen atoms in total. The number of aliphatic carboxylic acids is 1. The largest absolute Gasteiger partial charge is 0.481 e. The van der Waals surface area contributed by atoms with Gasteiger partial charge in [0.15, 0.2) is 0 Å². The molecule has 1 aliphatic rings. The van der Waals surface area contributed by atoms with Gasteiger partial charge in [-0.25, -0.2) is 4.79 Å². The van der Waals surface area contributed by atoms with E-state index in [4.69, 9.17) is 15.9 Å². The van der Waals surface area contributed by atoms with E-state index in [1.165, 1.54) is 0 Å². The second-order valence-corrected chi connectivity index (χ2v) is 2.80. The number of likely N-dealkylation sites (tertiary alicyclic amines) is 1. The Morgan fingerprint density at radius 2 is 1.92 bits per heavy atom. The molecule has 0 aromatic carbocycles. The van der Waals surface area contributed by atoms with Crippen LogP contribution in [-0.4, -0.2) is 46.3 Å². The molecule has 0 aliphatic carbocycles. The van der Waals surface area contributed by atoms with Gasteiger partial charge in [0.25, 0.3) is 0 Å². The third kappa shape index (κ3) is 1.48. The minimum absolute atomic E-state index is 0.00810. The van der Waals surface area contributed by atoms with Crippen LogP contribution in [0.15, 0.2) is 0 Å². The van der Waals surface area contributed by atoms with E-state index in [9.17, 15) is 9.59 Å². The van der Waals surface area contributed by atoms with Crippen LogP contribution in [0.4, 0.5) is 4.79 Å². The van der Waals surface area contributed by atoms with Crippen LogP contribution in [0, 0.1) is 5.92 Å². The number of amides is 1. The quantitative estimate of drug-likeness (QED) is 0.473. The van der Waals surface area contributed by atoms with E-state index >= 15 is 0 Å². The topological polar surface area (TPSA) is 104 Å². The Labute approximate surface area is 68.6 Å². The number of nitrogens with zero attached hydrogens (tertiary/aromatic N) is 1. The Hall–Kier alpha value is -1.30. The molecule has 1 amide bonds. The Morgan fingerprint density at radius 1 is 1.33 bits per heavy atom. The summed E-state index contributed by atoms with van der Waals surface area (Å²) in [7, 11) is 0. The molecule has 0 aromatic rings. The second kappa shape index (κ2) is 2.98. The van der Waals surface area contributed by atoms with Gasteiger partial charge in [-0.1, -0.05) is 0 Å². The van der Waals surface area contributed by atoms with Gasteiger partial charge in [0.05, 0.1) is 5.92 Å². The molecule has 0 saturated carbocycles. The molecule has 2 unspecified atom stereocenters. The second-order valence-electron chi connectivity index (χ2n) is 2.80. The van der Waals surface area contributed by atoms with Crippen LogP contribution in [0.3, 0.4) is 0 Å². The summed E-state index contributed by atoms with van der Waals surface area (Å²) in [5.41, 5.74) is 5.42. The Bertz CT molecular complexity index is 218. The van der Waals surface area contributed by atoms with Gasteiger partial charge >= 0.3 is 12.1 Å². The van der Waals surface area contributed by atoms with Crippen molar-refractivity contribution in [3.05, 3.63) is 0 Å². The van der Waals surface area contributed by atoms with Gasteiger partial charge in [0.2, 0.25) is 0 Å². The van der Waals surface area contributed by atoms with Gasteiger partial charge in [-0.2, -0.15) is 0 Å². The maximum absolute atomic E-state index is 10.5. The van der Waals surface area contributed by atoms with Crippen LogP contribution in [0.25, 0.3) is 0 Å². The molecular formula is C6H10N2O4. The molecule has 4 N–H and O–H groups in total. The van der Waals surface area contributed by atoms with Gasteiger partial charge in [0, 0.05) is 19.1 Å². The molecule has 12 heavy (non-hydrogen) atoms. The highest BCUT2D eigenvalue weighted by atomic mass is 16.4. The maximum Gasteiger partial charge on any atom is 0.407 e.